The van der Waals surface area contributed by atoms with Gasteiger partial charge in [0.25, 0.3) is 0 Å². The summed E-state index contributed by atoms with van der Waals surface area (Å²) >= 11 is 0. The Kier molecular flexibility index (Phi) is 4.32. The fourth-order valence-electron chi connectivity index (χ4n) is 3.33. The molecule has 124 valence electrons. The Labute approximate surface area is 147 Å². The van der Waals surface area contributed by atoms with Crippen molar-refractivity contribution < 1.29 is 5.11 Å². The van der Waals surface area contributed by atoms with Crippen LogP contribution in [-0.2, 0) is 19.6 Å². The van der Waals surface area contributed by atoms with E-state index >= 15 is 0 Å². The van der Waals surface area contributed by atoms with Crippen LogP contribution in [-0.4, -0.2) is 14.9 Å². The fourth-order valence-corrected chi connectivity index (χ4v) is 3.33. The third-order valence-electron chi connectivity index (χ3n) is 4.54. The highest BCUT2D eigenvalue weighted by Crippen LogP contribution is 2.31. The van der Waals surface area contributed by atoms with E-state index in [9.17, 15) is 5.11 Å². The van der Waals surface area contributed by atoms with Gasteiger partial charge in [-0.2, -0.15) is 5.10 Å². The SMILES string of the molecule is OCc1nn(CCc2ccccc2)c2cccc(-c3ccccc3)c12. The number of fused-ring (bicyclic) bond motifs is 1. The molecule has 25 heavy (non-hydrogen) atoms. The highest BCUT2D eigenvalue weighted by Gasteiger charge is 2.14. The first kappa shape index (κ1) is 15.6. The number of hydrogen-bond donors (Lipinski definition) is 1. The quantitative estimate of drug-likeness (QED) is 0.588. The zero-order valence-corrected chi connectivity index (χ0v) is 14.0. The Morgan fingerprint density at radius 1 is 0.800 bits per heavy atom. The molecule has 0 aliphatic carbocycles. The summed E-state index contributed by atoms with van der Waals surface area (Å²) < 4.78 is 2.01. The molecule has 0 saturated heterocycles. The lowest BCUT2D eigenvalue weighted by Crippen LogP contribution is -2.03. The summed E-state index contributed by atoms with van der Waals surface area (Å²) in [5.41, 5.74) is 5.36. The van der Waals surface area contributed by atoms with E-state index in [1.54, 1.807) is 0 Å². The van der Waals surface area contributed by atoms with Gasteiger partial charge in [0.15, 0.2) is 0 Å². The minimum atomic E-state index is -0.0569. The van der Waals surface area contributed by atoms with Crippen molar-refractivity contribution in [3.8, 4) is 11.1 Å². The lowest BCUT2D eigenvalue weighted by atomic mass is 10.0. The highest BCUT2D eigenvalue weighted by atomic mass is 16.3. The molecule has 4 rings (SSSR count). The van der Waals surface area contributed by atoms with Crippen molar-refractivity contribution in [3.63, 3.8) is 0 Å². The van der Waals surface area contributed by atoms with E-state index in [1.807, 2.05) is 28.9 Å². The molecule has 0 bridgehead atoms. The topological polar surface area (TPSA) is 38.1 Å². The maximum atomic E-state index is 9.83. The van der Waals surface area contributed by atoms with Gasteiger partial charge in [-0.15, -0.1) is 0 Å². The Morgan fingerprint density at radius 3 is 2.24 bits per heavy atom. The van der Waals surface area contributed by atoms with Crippen molar-refractivity contribution in [2.75, 3.05) is 0 Å². The largest absolute Gasteiger partial charge is 0.390 e. The van der Waals surface area contributed by atoms with E-state index in [2.05, 4.69) is 59.7 Å². The van der Waals surface area contributed by atoms with Gasteiger partial charge in [-0.1, -0.05) is 72.8 Å². The van der Waals surface area contributed by atoms with Gasteiger partial charge < -0.3 is 5.11 Å². The molecular weight excluding hydrogens is 308 g/mol. The van der Waals surface area contributed by atoms with Gasteiger partial charge in [0, 0.05) is 11.9 Å². The van der Waals surface area contributed by atoms with E-state index in [0.717, 1.165) is 40.7 Å². The highest BCUT2D eigenvalue weighted by molar-refractivity contribution is 5.96. The number of aliphatic hydroxyl groups excluding tert-OH is 1. The zero-order chi connectivity index (χ0) is 17.1. The molecule has 0 radical (unpaired) electrons. The molecule has 3 nitrogen and oxygen atoms in total. The van der Waals surface area contributed by atoms with Gasteiger partial charge in [0.2, 0.25) is 0 Å². The molecule has 0 aliphatic heterocycles. The van der Waals surface area contributed by atoms with E-state index in [4.69, 9.17) is 0 Å². The van der Waals surface area contributed by atoms with Gasteiger partial charge in [-0.25, -0.2) is 0 Å². The van der Waals surface area contributed by atoms with Crippen molar-refractivity contribution in [2.24, 2.45) is 0 Å². The molecule has 0 unspecified atom stereocenters. The molecule has 0 amide bonds. The standard InChI is InChI=1S/C22H20N2O/c25-16-20-22-19(18-10-5-2-6-11-18)12-7-13-21(22)24(23-20)15-14-17-8-3-1-4-9-17/h1-13,25H,14-16H2. The van der Waals surface area contributed by atoms with E-state index in [1.165, 1.54) is 5.56 Å². The third kappa shape index (κ3) is 3.06. The van der Waals surface area contributed by atoms with Crippen LogP contribution in [0.5, 0.6) is 0 Å². The summed E-state index contributed by atoms with van der Waals surface area (Å²) in [5, 5.41) is 15.6. The van der Waals surface area contributed by atoms with Crippen LogP contribution in [0.2, 0.25) is 0 Å². The summed E-state index contributed by atoms with van der Waals surface area (Å²) in [6.45, 7) is 0.734. The minimum absolute atomic E-state index is 0.0569. The van der Waals surface area contributed by atoms with Crippen LogP contribution >= 0.6 is 0 Å². The maximum Gasteiger partial charge on any atom is 0.0963 e. The smallest absolute Gasteiger partial charge is 0.0963 e. The fraction of sp³-hybridized carbons (Fsp3) is 0.136. The predicted octanol–water partition coefficient (Wildman–Crippen LogP) is 4.44. The molecule has 0 spiro atoms. The molecule has 3 aromatic carbocycles. The van der Waals surface area contributed by atoms with Crippen molar-refractivity contribution in [1.29, 1.82) is 0 Å². The Bertz CT molecular complexity index is 975. The monoisotopic (exact) mass is 328 g/mol. The first-order valence-corrected chi connectivity index (χ1v) is 8.55. The van der Waals surface area contributed by atoms with Crippen LogP contribution in [0.1, 0.15) is 11.3 Å². The summed E-state index contributed by atoms with van der Waals surface area (Å²) in [5.74, 6) is 0. The van der Waals surface area contributed by atoms with Gasteiger partial charge >= 0.3 is 0 Å². The van der Waals surface area contributed by atoms with Gasteiger partial charge in [0.1, 0.15) is 0 Å². The van der Waals surface area contributed by atoms with Crippen molar-refractivity contribution in [1.82, 2.24) is 9.78 Å². The second-order valence-corrected chi connectivity index (χ2v) is 6.13. The van der Waals surface area contributed by atoms with Crippen molar-refractivity contribution >= 4 is 10.9 Å². The molecular formula is C22H20N2O. The maximum absolute atomic E-state index is 9.83. The van der Waals surface area contributed by atoms with E-state index < -0.39 is 0 Å². The van der Waals surface area contributed by atoms with E-state index in [0.29, 0.717) is 0 Å². The Morgan fingerprint density at radius 2 is 1.52 bits per heavy atom. The molecule has 0 atom stereocenters. The molecule has 1 aromatic heterocycles. The lowest BCUT2D eigenvalue weighted by Gasteiger charge is -2.06. The lowest BCUT2D eigenvalue weighted by molar-refractivity contribution is 0.276. The summed E-state index contributed by atoms with van der Waals surface area (Å²) in [4.78, 5) is 0. The zero-order valence-electron chi connectivity index (χ0n) is 14.0. The number of aliphatic hydroxyl groups is 1. The number of rotatable bonds is 5. The van der Waals surface area contributed by atoms with Crippen LogP contribution in [0, 0.1) is 0 Å². The van der Waals surface area contributed by atoms with Crippen LogP contribution in [0.3, 0.4) is 0 Å². The minimum Gasteiger partial charge on any atom is -0.390 e. The third-order valence-corrected chi connectivity index (χ3v) is 4.54. The summed E-state index contributed by atoms with van der Waals surface area (Å²) in [7, 11) is 0. The number of aryl methyl sites for hydroxylation is 2. The van der Waals surface area contributed by atoms with Crippen molar-refractivity contribution in [3.05, 3.63) is 90.1 Å². The van der Waals surface area contributed by atoms with Crippen molar-refractivity contribution in [2.45, 2.75) is 19.6 Å². The van der Waals surface area contributed by atoms with Crippen LogP contribution < -0.4 is 0 Å². The van der Waals surface area contributed by atoms with Gasteiger partial charge in [-0.3, -0.25) is 4.68 Å². The van der Waals surface area contributed by atoms with Crippen LogP contribution in [0.15, 0.2) is 78.9 Å². The number of nitrogens with zero attached hydrogens (tertiary/aromatic N) is 2. The number of benzene rings is 3. The first-order chi connectivity index (χ1) is 12.4. The molecule has 4 aromatic rings. The van der Waals surface area contributed by atoms with Crippen LogP contribution in [0.4, 0.5) is 0 Å². The molecule has 1 heterocycles. The molecule has 0 aliphatic rings. The Balaban J connectivity index is 1.77. The molecule has 0 saturated carbocycles. The molecule has 0 fully saturated rings. The normalized spacial score (nSPS) is 11.1. The Hall–Kier alpha value is -2.91. The average Bonchev–Trinajstić information content (AvgIpc) is 3.06. The predicted molar refractivity (Wildman–Crippen MR) is 101 cm³/mol. The number of hydrogen-bond acceptors (Lipinski definition) is 2. The average molecular weight is 328 g/mol. The van der Waals surface area contributed by atoms with Crippen LogP contribution in [0.25, 0.3) is 22.0 Å². The summed E-state index contributed by atoms with van der Waals surface area (Å²) in [6.07, 6.45) is 0.915. The van der Waals surface area contributed by atoms with Gasteiger partial charge in [-0.05, 0) is 29.2 Å². The first-order valence-electron chi connectivity index (χ1n) is 8.55. The molecule has 1 N–H and O–H groups in total. The van der Waals surface area contributed by atoms with E-state index in [-0.39, 0.29) is 6.61 Å². The van der Waals surface area contributed by atoms with Gasteiger partial charge in [0.05, 0.1) is 17.8 Å². The number of aromatic nitrogens is 2. The second-order valence-electron chi connectivity index (χ2n) is 6.13. The summed E-state index contributed by atoms with van der Waals surface area (Å²) in [6, 6.07) is 26.9. The second kappa shape index (κ2) is 6.91. The molecule has 3 heteroatoms.